The Balaban J connectivity index is 1.61. The van der Waals surface area contributed by atoms with Crippen molar-refractivity contribution in [2.75, 3.05) is 16.6 Å². The van der Waals surface area contributed by atoms with Crippen molar-refractivity contribution in [2.45, 2.75) is 25.7 Å². The van der Waals surface area contributed by atoms with Gasteiger partial charge in [-0.15, -0.1) is 0 Å². The first-order valence-corrected chi connectivity index (χ1v) is 11.4. The summed E-state index contributed by atoms with van der Waals surface area (Å²) in [6.07, 6.45) is 0. The molecule has 0 saturated heterocycles. The van der Waals surface area contributed by atoms with Gasteiger partial charge in [-0.25, -0.2) is 8.42 Å². The molecule has 3 rings (SSSR count). The first-order valence-electron chi connectivity index (χ1n) is 9.52. The maximum atomic E-state index is 12.6. The van der Waals surface area contributed by atoms with Crippen LogP contribution in [0.3, 0.4) is 0 Å². The van der Waals surface area contributed by atoms with Gasteiger partial charge in [0, 0.05) is 10.7 Å². The zero-order valence-corrected chi connectivity index (χ0v) is 19.0. The smallest absolute Gasteiger partial charge is 0.262 e. The minimum absolute atomic E-state index is 0.0636. The summed E-state index contributed by atoms with van der Waals surface area (Å²) in [6.45, 7) is 5.59. The van der Waals surface area contributed by atoms with Crippen molar-refractivity contribution in [3.05, 3.63) is 82.4 Å². The zero-order chi connectivity index (χ0) is 22.6. The lowest BCUT2D eigenvalue weighted by molar-refractivity contribution is -0.118. The Hall–Kier alpha value is -3.03. The second-order valence-corrected chi connectivity index (χ2v) is 9.34. The molecule has 162 valence electrons. The molecule has 0 unspecified atom stereocenters. The van der Waals surface area contributed by atoms with E-state index in [2.05, 4.69) is 10.0 Å². The summed E-state index contributed by atoms with van der Waals surface area (Å²) in [5.41, 5.74) is 3.79. The summed E-state index contributed by atoms with van der Waals surface area (Å²) in [4.78, 5) is 12.2. The van der Waals surface area contributed by atoms with E-state index in [1.54, 1.807) is 18.2 Å². The molecule has 0 aliphatic rings. The standard InChI is InChI=1S/C23H23ClN2O4S/c1-15-10-16(2)12-20(11-15)30-14-23(27)25-18-6-8-21(9-7-18)31(28,29)26-19-5-4-17(3)22(24)13-19/h4-13,26H,14H2,1-3H3,(H,25,27). The molecule has 0 spiro atoms. The Morgan fingerprint density at radius 2 is 1.52 bits per heavy atom. The average molecular weight is 459 g/mol. The van der Waals surface area contributed by atoms with Crippen molar-refractivity contribution in [1.29, 1.82) is 0 Å². The summed E-state index contributed by atoms with van der Waals surface area (Å²) in [5, 5.41) is 3.16. The van der Waals surface area contributed by atoms with Crippen LogP contribution >= 0.6 is 11.6 Å². The minimum Gasteiger partial charge on any atom is -0.484 e. The molecule has 0 aliphatic heterocycles. The highest BCUT2D eigenvalue weighted by Crippen LogP contribution is 2.23. The first-order chi connectivity index (χ1) is 14.6. The Morgan fingerprint density at radius 3 is 2.13 bits per heavy atom. The van der Waals surface area contributed by atoms with Crippen LogP contribution in [-0.2, 0) is 14.8 Å². The second-order valence-electron chi connectivity index (χ2n) is 7.25. The Kier molecular flexibility index (Phi) is 6.87. The first kappa shape index (κ1) is 22.7. The van der Waals surface area contributed by atoms with E-state index in [-0.39, 0.29) is 17.4 Å². The monoisotopic (exact) mass is 458 g/mol. The van der Waals surface area contributed by atoms with E-state index in [4.69, 9.17) is 16.3 Å². The van der Waals surface area contributed by atoms with E-state index in [1.807, 2.05) is 39.0 Å². The number of sulfonamides is 1. The largest absolute Gasteiger partial charge is 0.484 e. The van der Waals surface area contributed by atoms with E-state index < -0.39 is 10.0 Å². The van der Waals surface area contributed by atoms with Crippen molar-refractivity contribution < 1.29 is 17.9 Å². The molecule has 0 heterocycles. The van der Waals surface area contributed by atoms with Crippen LogP contribution in [0.4, 0.5) is 11.4 Å². The molecule has 3 aromatic rings. The van der Waals surface area contributed by atoms with Gasteiger partial charge in [0.25, 0.3) is 15.9 Å². The predicted octanol–water partition coefficient (Wildman–Crippen LogP) is 5.08. The van der Waals surface area contributed by atoms with E-state index in [0.717, 1.165) is 16.7 Å². The normalized spacial score (nSPS) is 11.1. The molecule has 0 aliphatic carbocycles. The highest BCUT2D eigenvalue weighted by Gasteiger charge is 2.15. The molecule has 2 N–H and O–H groups in total. The Morgan fingerprint density at radius 1 is 0.903 bits per heavy atom. The number of carbonyl (C=O) groups is 1. The second kappa shape index (κ2) is 9.41. The van der Waals surface area contributed by atoms with E-state index in [0.29, 0.717) is 22.1 Å². The van der Waals surface area contributed by atoms with Gasteiger partial charge in [0.2, 0.25) is 0 Å². The fourth-order valence-electron chi connectivity index (χ4n) is 2.95. The summed E-state index contributed by atoms with van der Waals surface area (Å²) < 4.78 is 33.2. The van der Waals surface area contributed by atoms with E-state index >= 15 is 0 Å². The molecule has 0 saturated carbocycles. The van der Waals surface area contributed by atoms with Gasteiger partial charge in [-0.2, -0.15) is 0 Å². The van der Waals surface area contributed by atoms with E-state index in [1.165, 1.54) is 24.3 Å². The van der Waals surface area contributed by atoms with Crippen LogP contribution in [0, 0.1) is 20.8 Å². The SMILES string of the molecule is Cc1cc(C)cc(OCC(=O)Nc2ccc(S(=O)(=O)Nc3ccc(C)c(Cl)c3)cc2)c1. The van der Waals surface area contributed by atoms with Gasteiger partial charge in [0.15, 0.2) is 6.61 Å². The molecule has 0 atom stereocenters. The number of carbonyl (C=O) groups excluding carboxylic acids is 1. The van der Waals surface area contributed by atoms with Crippen molar-refractivity contribution in [3.8, 4) is 5.75 Å². The number of benzene rings is 3. The van der Waals surface area contributed by atoms with Crippen LogP contribution in [0.25, 0.3) is 0 Å². The highest BCUT2D eigenvalue weighted by atomic mass is 35.5. The highest BCUT2D eigenvalue weighted by molar-refractivity contribution is 7.92. The summed E-state index contributed by atoms with van der Waals surface area (Å²) in [5.74, 6) is 0.276. The maximum Gasteiger partial charge on any atom is 0.262 e. The Bertz CT molecular complexity index is 1190. The molecular formula is C23H23ClN2O4S. The predicted molar refractivity (Wildman–Crippen MR) is 123 cm³/mol. The summed E-state index contributed by atoms with van der Waals surface area (Å²) in [7, 11) is -3.79. The van der Waals surface area contributed by atoms with Crippen LogP contribution < -0.4 is 14.8 Å². The van der Waals surface area contributed by atoms with Crippen LogP contribution in [0.15, 0.2) is 65.6 Å². The number of anilines is 2. The number of hydrogen-bond acceptors (Lipinski definition) is 4. The molecule has 0 aromatic heterocycles. The molecule has 0 fully saturated rings. The van der Waals surface area contributed by atoms with Gasteiger partial charge in [0.05, 0.1) is 10.6 Å². The van der Waals surface area contributed by atoms with Crippen molar-refractivity contribution in [2.24, 2.45) is 0 Å². The maximum absolute atomic E-state index is 12.6. The number of ether oxygens (including phenoxy) is 1. The van der Waals surface area contributed by atoms with Crippen molar-refractivity contribution in [1.82, 2.24) is 0 Å². The number of amides is 1. The summed E-state index contributed by atoms with van der Waals surface area (Å²) >= 11 is 6.05. The van der Waals surface area contributed by atoms with Gasteiger partial charge >= 0.3 is 0 Å². The van der Waals surface area contributed by atoms with Crippen LogP contribution in [0.2, 0.25) is 5.02 Å². The number of nitrogens with one attached hydrogen (secondary N) is 2. The van der Waals surface area contributed by atoms with Crippen LogP contribution in [0.1, 0.15) is 16.7 Å². The third-order valence-electron chi connectivity index (χ3n) is 4.44. The van der Waals surface area contributed by atoms with Gasteiger partial charge in [-0.05, 0) is 86.0 Å². The molecular weight excluding hydrogens is 436 g/mol. The number of aryl methyl sites for hydroxylation is 3. The van der Waals surface area contributed by atoms with Gasteiger partial charge in [-0.1, -0.05) is 23.7 Å². The topological polar surface area (TPSA) is 84.5 Å². The van der Waals surface area contributed by atoms with Gasteiger partial charge in [0.1, 0.15) is 5.75 Å². The fourth-order valence-corrected chi connectivity index (χ4v) is 4.18. The zero-order valence-electron chi connectivity index (χ0n) is 17.4. The number of rotatable bonds is 7. The van der Waals surface area contributed by atoms with E-state index in [9.17, 15) is 13.2 Å². The number of halogens is 1. The molecule has 1 amide bonds. The number of hydrogen-bond donors (Lipinski definition) is 2. The molecule has 0 bridgehead atoms. The lowest BCUT2D eigenvalue weighted by atomic mass is 10.1. The van der Waals surface area contributed by atoms with Gasteiger partial charge < -0.3 is 10.1 Å². The Labute approximate surface area is 187 Å². The molecule has 0 radical (unpaired) electrons. The van der Waals surface area contributed by atoms with Crippen molar-refractivity contribution in [3.63, 3.8) is 0 Å². The molecule has 3 aromatic carbocycles. The summed E-state index contributed by atoms with van der Waals surface area (Å²) in [6, 6.07) is 16.5. The molecule has 8 heteroatoms. The van der Waals surface area contributed by atoms with Crippen molar-refractivity contribution >= 4 is 38.9 Å². The van der Waals surface area contributed by atoms with Crippen LogP contribution in [-0.4, -0.2) is 20.9 Å². The third-order valence-corrected chi connectivity index (χ3v) is 6.24. The lowest BCUT2D eigenvalue weighted by Crippen LogP contribution is -2.20. The average Bonchev–Trinajstić information content (AvgIpc) is 2.69. The molecule has 31 heavy (non-hydrogen) atoms. The minimum atomic E-state index is -3.79. The fraction of sp³-hybridized carbons (Fsp3) is 0.174. The quantitative estimate of drug-likeness (QED) is 0.516. The molecule has 6 nitrogen and oxygen atoms in total. The lowest BCUT2D eigenvalue weighted by Gasteiger charge is -2.11. The third kappa shape index (κ3) is 6.23. The van der Waals surface area contributed by atoms with Gasteiger partial charge in [-0.3, -0.25) is 9.52 Å². The van der Waals surface area contributed by atoms with Crippen LogP contribution in [0.5, 0.6) is 5.75 Å².